The highest BCUT2D eigenvalue weighted by molar-refractivity contribution is 5.79. The van der Waals surface area contributed by atoms with Crippen LogP contribution < -0.4 is 10.9 Å². The molecule has 0 unspecified atom stereocenters. The van der Waals surface area contributed by atoms with Crippen LogP contribution in [0.1, 0.15) is 11.1 Å². The molecule has 10 nitrogen and oxygen atoms in total. The number of nitro groups is 1. The van der Waals surface area contributed by atoms with Crippen LogP contribution >= 0.6 is 0 Å². The second-order valence-corrected chi connectivity index (χ2v) is 8.80. The Hall–Kier alpha value is -5.12. The minimum Gasteiger partial charge on any atom is -0.354 e. The second-order valence-electron chi connectivity index (χ2n) is 8.80. The van der Waals surface area contributed by atoms with Crippen molar-refractivity contribution >= 4 is 22.6 Å². The van der Waals surface area contributed by atoms with Gasteiger partial charge in [0.05, 0.1) is 30.6 Å². The highest BCUT2D eigenvalue weighted by Gasteiger charge is 2.12. The number of rotatable bonds is 9. The minimum atomic E-state index is -0.469. The van der Waals surface area contributed by atoms with E-state index < -0.39 is 4.92 Å². The summed E-state index contributed by atoms with van der Waals surface area (Å²) in [6.45, 7) is 0.930. The molecule has 2 heterocycles. The first-order valence-corrected chi connectivity index (χ1v) is 12.0. The Labute approximate surface area is 217 Å². The van der Waals surface area contributed by atoms with E-state index in [0.717, 1.165) is 22.3 Å². The van der Waals surface area contributed by atoms with Crippen molar-refractivity contribution in [3.05, 3.63) is 123 Å². The van der Waals surface area contributed by atoms with E-state index in [-0.39, 0.29) is 30.1 Å². The fraction of sp³-hybridized carbons (Fsp3) is 0.143. The van der Waals surface area contributed by atoms with E-state index in [1.54, 1.807) is 16.8 Å². The van der Waals surface area contributed by atoms with Gasteiger partial charge in [-0.25, -0.2) is 9.67 Å². The van der Waals surface area contributed by atoms with E-state index in [1.165, 1.54) is 29.2 Å². The number of amides is 1. The van der Waals surface area contributed by atoms with Crippen molar-refractivity contribution in [2.45, 2.75) is 19.5 Å². The van der Waals surface area contributed by atoms with Crippen molar-refractivity contribution in [3.63, 3.8) is 0 Å². The van der Waals surface area contributed by atoms with Gasteiger partial charge in [0.1, 0.15) is 11.7 Å². The maximum absolute atomic E-state index is 12.9. The molecule has 0 saturated heterocycles. The summed E-state index contributed by atoms with van der Waals surface area (Å²) in [6, 6.07) is 24.0. The number of aromatic nitrogens is 4. The Balaban J connectivity index is 1.17. The molecular formula is C28H24N6O4. The van der Waals surface area contributed by atoms with Crippen molar-refractivity contribution in [2.75, 3.05) is 6.54 Å². The lowest BCUT2D eigenvalue weighted by atomic mass is 10.0. The summed E-state index contributed by atoms with van der Waals surface area (Å²) < 4.78 is 3.02. The Morgan fingerprint density at radius 1 is 0.921 bits per heavy atom. The van der Waals surface area contributed by atoms with Gasteiger partial charge in [0.15, 0.2) is 5.65 Å². The molecule has 190 valence electrons. The van der Waals surface area contributed by atoms with Gasteiger partial charge in [0, 0.05) is 18.7 Å². The van der Waals surface area contributed by atoms with Gasteiger partial charge in [-0.1, -0.05) is 66.7 Å². The number of carbonyl (C=O) groups is 1. The molecule has 0 atom stereocenters. The number of carbonyl (C=O) groups excluding carboxylic acids is 1. The van der Waals surface area contributed by atoms with Crippen molar-refractivity contribution in [1.29, 1.82) is 0 Å². The summed E-state index contributed by atoms with van der Waals surface area (Å²) in [6.07, 6.45) is 3.16. The van der Waals surface area contributed by atoms with Gasteiger partial charge in [-0.15, -0.1) is 0 Å². The first-order valence-electron chi connectivity index (χ1n) is 12.0. The van der Waals surface area contributed by atoms with Crippen LogP contribution in [0.2, 0.25) is 0 Å². The Morgan fingerprint density at radius 2 is 1.61 bits per heavy atom. The van der Waals surface area contributed by atoms with E-state index in [9.17, 15) is 19.7 Å². The summed E-state index contributed by atoms with van der Waals surface area (Å²) >= 11 is 0. The minimum absolute atomic E-state index is 0.0102. The molecule has 0 radical (unpaired) electrons. The summed E-state index contributed by atoms with van der Waals surface area (Å²) in [7, 11) is 0. The molecule has 5 aromatic rings. The molecule has 0 aliphatic heterocycles. The van der Waals surface area contributed by atoms with E-state index in [1.807, 2.05) is 54.6 Å². The molecule has 0 fully saturated rings. The SMILES string of the molecule is O=C(Cc1ccc(-c2ccccc2)cc1)NCCn1ncc2c(=O)n(Cc3ccc([N+](=O)[O-])cc3)cnc21. The lowest BCUT2D eigenvalue weighted by molar-refractivity contribution is -0.384. The molecule has 3 aromatic carbocycles. The Morgan fingerprint density at radius 3 is 2.32 bits per heavy atom. The average Bonchev–Trinajstić information content (AvgIpc) is 3.35. The number of non-ortho nitro benzene ring substituents is 1. The molecular weight excluding hydrogens is 484 g/mol. The highest BCUT2D eigenvalue weighted by atomic mass is 16.6. The molecule has 1 N–H and O–H groups in total. The monoisotopic (exact) mass is 508 g/mol. The summed E-state index contributed by atoms with van der Waals surface area (Å²) in [5.41, 5.74) is 4.04. The number of hydrogen-bond acceptors (Lipinski definition) is 6. The van der Waals surface area contributed by atoms with Crippen LogP contribution in [0.3, 0.4) is 0 Å². The number of hydrogen-bond donors (Lipinski definition) is 1. The molecule has 0 bridgehead atoms. The number of nitrogens with zero attached hydrogens (tertiary/aromatic N) is 5. The van der Waals surface area contributed by atoms with E-state index in [4.69, 9.17) is 0 Å². The predicted octanol–water partition coefficient (Wildman–Crippen LogP) is 3.58. The first kappa shape index (κ1) is 24.6. The third-order valence-electron chi connectivity index (χ3n) is 6.19. The van der Waals surface area contributed by atoms with Crippen molar-refractivity contribution < 1.29 is 9.72 Å². The van der Waals surface area contributed by atoms with E-state index in [2.05, 4.69) is 15.4 Å². The molecule has 38 heavy (non-hydrogen) atoms. The molecule has 2 aromatic heterocycles. The standard InChI is InChI=1S/C28H24N6O4/c35-26(16-20-6-10-23(11-7-20)22-4-2-1-3-5-22)29-14-15-33-27-25(17-31-33)28(36)32(19-30-27)18-21-8-12-24(13-9-21)34(37)38/h1-13,17,19H,14-16,18H2,(H,29,35). The summed E-state index contributed by atoms with van der Waals surface area (Å²) in [5, 5.41) is 18.4. The predicted molar refractivity (Wildman–Crippen MR) is 143 cm³/mol. The Bertz CT molecular complexity index is 1640. The van der Waals surface area contributed by atoms with Crippen molar-refractivity contribution in [2.24, 2.45) is 0 Å². The smallest absolute Gasteiger partial charge is 0.269 e. The zero-order chi connectivity index (χ0) is 26.5. The zero-order valence-corrected chi connectivity index (χ0v) is 20.4. The van der Waals surface area contributed by atoms with Crippen LogP contribution in [0, 0.1) is 10.1 Å². The van der Waals surface area contributed by atoms with Crippen LogP contribution in [0.5, 0.6) is 0 Å². The van der Waals surface area contributed by atoms with Gasteiger partial charge in [-0.2, -0.15) is 5.10 Å². The van der Waals surface area contributed by atoms with Gasteiger partial charge in [-0.3, -0.25) is 24.3 Å². The average molecular weight is 509 g/mol. The number of nitrogens with one attached hydrogen (secondary N) is 1. The van der Waals surface area contributed by atoms with Gasteiger partial charge in [-0.05, 0) is 22.3 Å². The lowest BCUT2D eigenvalue weighted by Gasteiger charge is -2.08. The van der Waals surface area contributed by atoms with Crippen LogP contribution in [0.25, 0.3) is 22.2 Å². The fourth-order valence-electron chi connectivity index (χ4n) is 4.19. The number of benzene rings is 3. The van der Waals surface area contributed by atoms with Gasteiger partial charge < -0.3 is 5.32 Å². The third kappa shape index (κ3) is 5.49. The molecule has 5 rings (SSSR count). The Kier molecular flexibility index (Phi) is 7.03. The molecule has 1 amide bonds. The quantitative estimate of drug-likeness (QED) is 0.240. The third-order valence-corrected chi connectivity index (χ3v) is 6.19. The second kappa shape index (κ2) is 10.9. The summed E-state index contributed by atoms with van der Waals surface area (Å²) in [4.78, 5) is 40.1. The molecule has 0 spiro atoms. The lowest BCUT2D eigenvalue weighted by Crippen LogP contribution is -2.29. The van der Waals surface area contributed by atoms with Gasteiger partial charge >= 0.3 is 0 Å². The number of fused-ring (bicyclic) bond motifs is 1. The van der Waals surface area contributed by atoms with Crippen LogP contribution in [-0.2, 0) is 24.3 Å². The van der Waals surface area contributed by atoms with Crippen LogP contribution in [-0.4, -0.2) is 36.7 Å². The zero-order valence-electron chi connectivity index (χ0n) is 20.4. The molecule has 0 aliphatic rings. The van der Waals surface area contributed by atoms with Crippen molar-refractivity contribution in [1.82, 2.24) is 24.6 Å². The van der Waals surface area contributed by atoms with E-state index in [0.29, 0.717) is 24.1 Å². The maximum atomic E-state index is 12.9. The maximum Gasteiger partial charge on any atom is 0.269 e. The first-order chi connectivity index (χ1) is 18.5. The van der Waals surface area contributed by atoms with E-state index >= 15 is 0 Å². The van der Waals surface area contributed by atoms with Crippen molar-refractivity contribution in [3.8, 4) is 11.1 Å². The molecule has 10 heteroatoms. The van der Waals surface area contributed by atoms with Gasteiger partial charge in [0.25, 0.3) is 11.2 Å². The number of nitro benzene ring substituents is 1. The van der Waals surface area contributed by atoms with Crippen LogP contribution in [0.4, 0.5) is 5.69 Å². The largest absolute Gasteiger partial charge is 0.354 e. The molecule has 0 aliphatic carbocycles. The van der Waals surface area contributed by atoms with Gasteiger partial charge in [0.2, 0.25) is 5.91 Å². The summed E-state index contributed by atoms with van der Waals surface area (Å²) in [5.74, 6) is -0.104. The topological polar surface area (TPSA) is 125 Å². The highest BCUT2D eigenvalue weighted by Crippen LogP contribution is 2.19. The van der Waals surface area contributed by atoms with Crippen LogP contribution in [0.15, 0.2) is 96.2 Å². The fourth-order valence-corrected chi connectivity index (χ4v) is 4.19. The normalized spacial score (nSPS) is 10.9. The molecule has 0 saturated carbocycles.